The Bertz CT molecular complexity index is 418. The maximum atomic E-state index is 12.2. The number of carbonyl (C=O) groups is 1. The van der Waals surface area contributed by atoms with E-state index in [-0.39, 0.29) is 11.9 Å². The average Bonchev–Trinajstić information content (AvgIpc) is 2.70. The molecule has 0 bridgehead atoms. The summed E-state index contributed by atoms with van der Waals surface area (Å²) in [5.41, 5.74) is 2.22. The summed E-state index contributed by atoms with van der Waals surface area (Å²) in [4.78, 5) is 14.5. The standard InChI is InChI=1S/C13H22N4O2/c1-9(8-17-4-6-19-7-5-17)14-13(18)12-10(2)15-16-11(12)3/h9H,4-8H2,1-3H3,(H,14,18)(H,15,16). The number of rotatable bonds is 4. The number of nitrogens with zero attached hydrogens (tertiary/aromatic N) is 2. The number of morpholine rings is 1. The van der Waals surface area contributed by atoms with Gasteiger partial charge in [0, 0.05) is 31.4 Å². The van der Waals surface area contributed by atoms with Gasteiger partial charge in [-0.2, -0.15) is 5.10 Å². The fourth-order valence-electron chi connectivity index (χ4n) is 2.40. The fourth-order valence-corrected chi connectivity index (χ4v) is 2.40. The van der Waals surface area contributed by atoms with Crippen LogP contribution in [0, 0.1) is 13.8 Å². The summed E-state index contributed by atoms with van der Waals surface area (Å²) in [5, 5.41) is 9.91. The molecule has 2 rings (SSSR count). The molecule has 106 valence electrons. The zero-order valence-corrected chi connectivity index (χ0v) is 11.8. The van der Waals surface area contributed by atoms with Gasteiger partial charge in [0.25, 0.3) is 5.91 Å². The third-order valence-corrected chi connectivity index (χ3v) is 3.37. The number of hydrogen-bond donors (Lipinski definition) is 2. The lowest BCUT2D eigenvalue weighted by molar-refractivity contribution is 0.0342. The number of carbonyl (C=O) groups excluding carboxylic acids is 1. The minimum absolute atomic E-state index is 0.0514. The molecule has 1 amide bonds. The minimum Gasteiger partial charge on any atom is -0.379 e. The van der Waals surface area contributed by atoms with E-state index >= 15 is 0 Å². The zero-order chi connectivity index (χ0) is 13.8. The molecule has 1 aliphatic heterocycles. The van der Waals surface area contributed by atoms with Crippen molar-refractivity contribution < 1.29 is 9.53 Å². The van der Waals surface area contributed by atoms with Gasteiger partial charge in [0.05, 0.1) is 24.5 Å². The Hall–Kier alpha value is -1.40. The first-order valence-corrected chi connectivity index (χ1v) is 6.70. The normalized spacial score (nSPS) is 18.3. The average molecular weight is 266 g/mol. The van der Waals surface area contributed by atoms with Crippen LogP contribution >= 0.6 is 0 Å². The molecule has 6 heteroatoms. The summed E-state index contributed by atoms with van der Waals surface area (Å²) in [5.74, 6) is -0.0514. The molecule has 0 saturated carbocycles. The van der Waals surface area contributed by atoms with Crippen LogP contribution in [0.3, 0.4) is 0 Å². The number of aromatic nitrogens is 2. The van der Waals surface area contributed by atoms with E-state index in [0.29, 0.717) is 5.56 Å². The van der Waals surface area contributed by atoms with E-state index in [4.69, 9.17) is 4.74 Å². The van der Waals surface area contributed by atoms with Crippen LogP contribution in [0.25, 0.3) is 0 Å². The summed E-state index contributed by atoms with van der Waals surface area (Å²) in [6.45, 7) is 10.0. The molecule has 0 aliphatic carbocycles. The van der Waals surface area contributed by atoms with Gasteiger partial charge in [0.2, 0.25) is 0 Å². The highest BCUT2D eigenvalue weighted by Crippen LogP contribution is 2.09. The summed E-state index contributed by atoms with van der Waals surface area (Å²) < 4.78 is 5.31. The molecule has 1 aliphatic rings. The number of hydrogen-bond acceptors (Lipinski definition) is 4. The van der Waals surface area contributed by atoms with Gasteiger partial charge < -0.3 is 10.1 Å². The summed E-state index contributed by atoms with van der Waals surface area (Å²) in [6, 6.07) is 0.110. The lowest BCUT2D eigenvalue weighted by atomic mass is 10.1. The molecule has 0 spiro atoms. The first-order chi connectivity index (χ1) is 9.08. The molecule has 2 N–H and O–H groups in total. The van der Waals surface area contributed by atoms with Crippen LogP contribution in [-0.4, -0.2) is 59.9 Å². The Kier molecular flexibility index (Phi) is 4.55. The van der Waals surface area contributed by atoms with Crippen LogP contribution in [0.15, 0.2) is 0 Å². The molecule has 6 nitrogen and oxygen atoms in total. The second kappa shape index (κ2) is 6.16. The first-order valence-electron chi connectivity index (χ1n) is 6.70. The van der Waals surface area contributed by atoms with Crippen LogP contribution in [-0.2, 0) is 4.74 Å². The number of nitrogens with one attached hydrogen (secondary N) is 2. The summed E-state index contributed by atoms with van der Waals surface area (Å²) in [6.07, 6.45) is 0. The monoisotopic (exact) mass is 266 g/mol. The first kappa shape index (κ1) is 14.0. The van der Waals surface area contributed by atoms with Crippen LogP contribution in [0.1, 0.15) is 28.7 Å². The van der Waals surface area contributed by atoms with E-state index < -0.39 is 0 Å². The molecular weight excluding hydrogens is 244 g/mol. The molecule has 2 heterocycles. The number of amides is 1. The van der Waals surface area contributed by atoms with E-state index in [9.17, 15) is 4.79 Å². The molecule has 1 unspecified atom stereocenters. The fraction of sp³-hybridized carbons (Fsp3) is 0.692. The number of aryl methyl sites for hydroxylation is 2. The Morgan fingerprint density at radius 1 is 1.47 bits per heavy atom. The van der Waals surface area contributed by atoms with Crippen LogP contribution in [0.2, 0.25) is 0 Å². The maximum Gasteiger partial charge on any atom is 0.255 e. The van der Waals surface area contributed by atoms with Crippen molar-refractivity contribution >= 4 is 5.91 Å². The minimum atomic E-state index is -0.0514. The SMILES string of the molecule is Cc1n[nH]c(C)c1C(=O)NC(C)CN1CCOCC1. The second-order valence-electron chi connectivity index (χ2n) is 5.10. The van der Waals surface area contributed by atoms with Gasteiger partial charge in [-0.3, -0.25) is 14.8 Å². The van der Waals surface area contributed by atoms with E-state index in [1.165, 1.54) is 0 Å². The smallest absolute Gasteiger partial charge is 0.255 e. The maximum absolute atomic E-state index is 12.2. The zero-order valence-electron chi connectivity index (χ0n) is 11.8. The van der Waals surface area contributed by atoms with E-state index in [1.807, 2.05) is 20.8 Å². The molecule has 1 fully saturated rings. The molecule has 0 aromatic carbocycles. The van der Waals surface area contributed by atoms with Gasteiger partial charge in [-0.1, -0.05) is 0 Å². The predicted molar refractivity (Wildman–Crippen MR) is 72.2 cm³/mol. The molecule has 1 aromatic heterocycles. The third kappa shape index (κ3) is 3.54. The van der Waals surface area contributed by atoms with Crippen molar-refractivity contribution in [3.05, 3.63) is 17.0 Å². The Labute approximate surface area is 113 Å². The molecule has 0 radical (unpaired) electrons. The lowest BCUT2D eigenvalue weighted by Gasteiger charge is -2.29. The summed E-state index contributed by atoms with van der Waals surface area (Å²) in [7, 11) is 0. The van der Waals surface area contributed by atoms with Gasteiger partial charge in [-0.25, -0.2) is 0 Å². The van der Waals surface area contributed by atoms with Crippen molar-refractivity contribution in [2.24, 2.45) is 0 Å². The van der Waals surface area contributed by atoms with Crippen molar-refractivity contribution in [1.82, 2.24) is 20.4 Å². The third-order valence-electron chi connectivity index (χ3n) is 3.37. The topological polar surface area (TPSA) is 70.2 Å². The Morgan fingerprint density at radius 3 is 2.74 bits per heavy atom. The van der Waals surface area contributed by atoms with E-state index in [2.05, 4.69) is 20.4 Å². The highest BCUT2D eigenvalue weighted by atomic mass is 16.5. The van der Waals surface area contributed by atoms with E-state index in [0.717, 1.165) is 44.2 Å². The van der Waals surface area contributed by atoms with Crippen LogP contribution < -0.4 is 5.32 Å². The largest absolute Gasteiger partial charge is 0.379 e. The van der Waals surface area contributed by atoms with E-state index in [1.54, 1.807) is 0 Å². The molecule has 1 aromatic rings. The predicted octanol–water partition coefficient (Wildman–Crippen LogP) is 0.477. The molecule has 1 atom stereocenters. The van der Waals surface area contributed by atoms with Gasteiger partial charge in [0.1, 0.15) is 0 Å². The van der Waals surface area contributed by atoms with Crippen molar-refractivity contribution in [3.63, 3.8) is 0 Å². The van der Waals surface area contributed by atoms with Gasteiger partial charge in [-0.15, -0.1) is 0 Å². The highest BCUT2D eigenvalue weighted by Gasteiger charge is 2.19. The Morgan fingerprint density at radius 2 is 2.16 bits per heavy atom. The molecular formula is C13H22N4O2. The quantitative estimate of drug-likeness (QED) is 0.831. The van der Waals surface area contributed by atoms with Gasteiger partial charge >= 0.3 is 0 Å². The van der Waals surface area contributed by atoms with Gasteiger partial charge in [0.15, 0.2) is 0 Å². The Balaban J connectivity index is 1.88. The highest BCUT2D eigenvalue weighted by molar-refractivity contribution is 5.96. The molecule has 1 saturated heterocycles. The number of ether oxygens (including phenoxy) is 1. The van der Waals surface area contributed by atoms with Gasteiger partial charge in [-0.05, 0) is 20.8 Å². The van der Waals surface area contributed by atoms with Crippen LogP contribution in [0.5, 0.6) is 0 Å². The van der Waals surface area contributed by atoms with Crippen molar-refractivity contribution in [1.29, 1.82) is 0 Å². The number of H-pyrrole nitrogens is 1. The van der Waals surface area contributed by atoms with Crippen molar-refractivity contribution in [2.75, 3.05) is 32.8 Å². The lowest BCUT2D eigenvalue weighted by Crippen LogP contribution is -2.46. The number of aromatic amines is 1. The summed E-state index contributed by atoms with van der Waals surface area (Å²) >= 11 is 0. The second-order valence-corrected chi connectivity index (χ2v) is 5.10. The van der Waals surface area contributed by atoms with Crippen molar-refractivity contribution in [3.8, 4) is 0 Å². The van der Waals surface area contributed by atoms with Crippen LogP contribution in [0.4, 0.5) is 0 Å². The van der Waals surface area contributed by atoms with Crippen molar-refractivity contribution in [2.45, 2.75) is 26.8 Å². The molecule has 19 heavy (non-hydrogen) atoms.